The van der Waals surface area contributed by atoms with Gasteiger partial charge in [0.2, 0.25) is 17.8 Å². The fraction of sp³-hybridized carbons (Fsp3) is 0. The molecule has 1 aromatic rings. The Morgan fingerprint density at radius 3 is 1.17 bits per heavy atom. The zero-order valence-corrected chi connectivity index (χ0v) is 12.6. The minimum absolute atomic E-state index is 0. The molecule has 2 radical (unpaired) electrons. The first kappa shape index (κ1) is 14.3. The quantitative estimate of drug-likeness (QED) is 0.384. The molecule has 12 heavy (non-hydrogen) atoms. The van der Waals surface area contributed by atoms with Gasteiger partial charge in [0, 0.05) is 19.5 Å². The normalized spacial score (nSPS) is 7.50. The zero-order valence-electron chi connectivity index (χ0n) is 6.31. The first-order chi connectivity index (χ1) is 5.18. The second-order valence-electron chi connectivity index (χ2n) is 1.41. The molecule has 0 amide bonds. The van der Waals surface area contributed by atoms with Crippen LogP contribution in [0, 0.1) is 0 Å². The van der Waals surface area contributed by atoms with Gasteiger partial charge < -0.3 is 17.2 Å². The molecule has 0 spiro atoms. The number of hydrogen-bond donors (Lipinski definition) is 4. The number of aromatic nitrogens is 3. The Hall–Kier alpha value is -0.208. The third-order valence-electron chi connectivity index (χ3n) is 0.687. The Morgan fingerprint density at radius 2 is 1.00 bits per heavy atom. The van der Waals surface area contributed by atoms with E-state index >= 15 is 0 Å². The number of anilines is 3. The van der Waals surface area contributed by atoms with E-state index in [1.807, 2.05) is 0 Å². The zero-order chi connectivity index (χ0) is 8.85. The van der Waals surface area contributed by atoms with E-state index < -0.39 is 0 Å². The van der Waals surface area contributed by atoms with E-state index in [0.29, 0.717) is 22.9 Å². The molecule has 7 nitrogen and oxygen atoms in total. The van der Waals surface area contributed by atoms with Crippen LogP contribution in [0.5, 0.6) is 0 Å². The minimum atomic E-state index is 0. The molecule has 0 aliphatic carbocycles. The molecule has 1 heterocycles. The van der Waals surface area contributed by atoms with Gasteiger partial charge in [-0.05, 0) is 0 Å². The Morgan fingerprint density at radius 1 is 0.833 bits per heavy atom. The fourth-order valence-corrected chi connectivity index (χ4v) is 0.427. The molecule has 0 unspecified atom stereocenters. The van der Waals surface area contributed by atoms with Crippen molar-refractivity contribution in [3.63, 3.8) is 0 Å². The minimum Gasteiger partial charge on any atom is 0 e. The standard InChI is InChI=1S/C3H6N6.H2O.Sn.Zn.H/c4-1-7-2(5)9-3(6)8-1;;;;/h(H6,4,5,6,7,8,9);1H2;;;/q;;+1;;/p-1. The Balaban J connectivity index is 0. The van der Waals surface area contributed by atoms with Crippen LogP contribution in [0.25, 0.3) is 0 Å². The molecule has 0 fully saturated rings. The van der Waals surface area contributed by atoms with Crippen LogP contribution >= 0.6 is 0 Å². The topological polar surface area (TPSA) is 137 Å². The molecule has 7 N–H and O–H groups in total. The summed E-state index contributed by atoms with van der Waals surface area (Å²) in [5.41, 5.74) is 15.4. The summed E-state index contributed by atoms with van der Waals surface area (Å²) in [6.07, 6.45) is 0. The predicted molar refractivity (Wildman–Crippen MR) is 42.4 cm³/mol. The van der Waals surface area contributed by atoms with Crippen molar-refractivity contribution in [3.05, 3.63) is 0 Å². The molecular formula is C3H8N6OSnZn. The number of nitrogens with two attached hydrogens (primary N) is 3. The number of rotatable bonds is 0. The molecular weight excluding hydrogens is 320 g/mol. The van der Waals surface area contributed by atoms with Crippen molar-refractivity contribution in [3.8, 4) is 0 Å². The van der Waals surface area contributed by atoms with Crippen molar-refractivity contribution in [1.82, 2.24) is 15.0 Å². The van der Waals surface area contributed by atoms with Crippen LogP contribution in [0.15, 0.2) is 0 Å². The smallest absolute Gasteiger partial charge is 0 e. The number of nitrogens with zero attached hydrogens (tertiary/aromatic N) is 3. The monoisotopic (exact) mass is 328 g/mol. The van der Waals surface area contributed by atoms with Gasteiger partial charge in [0.1, 0.15) is 0 Å². The molecule has 0 saturated carbocycles. The van der Waals surface area contributed by atoms with Crippen LogP contribution in [0.3, 0.4) is 0 Å². The van der Waals surface area contributed by atoms with Gasteiger partial charge in [-0.1, -0.05) is 0 Å². The Kier molecular flexibility index (Phi) is 8.88. The van der Waals surface area contributed by atoms with Gasteiger partial charge in [0.25, 0.3) is 0 Å². The second-order valence-corrected chi connectivity index (χ2v) is 1.41. The summed E-state index contributed by atoms with van der Waals surface area (Å²) in [5.74, 6) is 0.125. The van der Waals surface area contributed by atoms with Gasteiger partial charge in [0.05, 0.1) is 0 Å². The van der Waals surface area contributed by atoms with Gasteiger partial charge in [-0.3, -0.25) is 0 Å². The summed E-state index contributed by atoms with van der Waals surface area (Å²) in [6, 6.07) is 0. The van der Waals surface area contributed by atoms with Crippen LogP contribution in [0.2, 0.25) is 0 Å². The Bertz CT molecular complexity index is 184. The first-order valence-electron chi connectivity index (χ1n) is 2.47. The molecule has 0 atom stereocenters. The molecule has 62 valence electrons. The molecule has 0 aliphatic rings. The van der Waals surface area contributed by atoms with Crippen LogP contribution in [-0.2, 0) is 19.5 Å². The summed E-state index contributed by atoms with van der Waals surface area (Å²) in [6.45, 7) is 0. The summed E-state index contributed by atoms with van der Waals surface area (Å²) in [7, 11) is 0. The van der Waals surface area contributed by atoms with Crippen LogP contribution in [0.1, 0.15) is 0 Å². The van der Waals surface area contributed by atoms with Crippen molar-refractivity contribution < 1.29 is 22.9 Å². The average molecular weight is 328 g/mol. The molecule has 1 aromatic heterocycles. The number of nitrogen functional groups attached to an aromatic ring is 3. The Labute approximate surface area is 95.6 Å². The van der Waals surface area contributed by atoms with Crippen LogP contribution < -0.4 is 17.2 Å². The maximum absolute atomic E-state index is 7.13. The summed E-state index contributed by atoms with van der Waals surface area (Å²) < 4.78 is 7.13. The maximum atomic E-state index is 7.13. The first-order valence-corrected chi connectivity index (χ1v) is 3.94. The van der Waals surface area contributed by atoms with Gasteiger partial charge in [-0.25, -0.2) is 0 Å². The van der Waals surface area contributed by atoms with E-state index in [1.165, 1.54) is 0 Å². The van der Waals surface area contributed by atoms with Crippen molar-refractivity contribution in [1.29, 1.82) is 0 Å². The van der Waals surface area contributed by atoms with Gasteiger partial charge >= 0.3 is 26.4 Å². The van der Waals surface area contributed by atoms with E-state index in [0.717, 1.165) is 0 Å². The van der Waals surface area contributed by atoms with Gasteiger partial charge in [-0.2, -0.15) is 15.0 Å². The largest absolute Gasteiger partial charge is 0 e. The van der Waals surface area contributed by atoms with Crippen molar-refractivity contribution >= 4 is 40.8 Å². The van der Waals surface area contributed by atoms with E-state index in [-0.39, 0.29) is 37.3 Å². The van der Waals surface area contributed by atoms with Crippen molar-refractivity contribution in [2.45, 2.75) is 0 Å². The number of hydrogen-bond acceptors (Lipinski definition) is 7. The van der Waals surface area contributed by atoms with Gasteiger partial charge in [0.15, 0.2) is 0 Å². The maximum Gasteiger partial charge on any atom is 0 e. The second kappa shape index (κ2) is 7.44. The van der Waals surface area contributed by atoms with E-state index in [2.05, 4.69) is 15.0 Å². The fourth-order valence-electron chi connectivity index (χ4n) is 0.427. The molecule has 9 heteroatoms. The molecule has 0 bridgehead atoms. The van der Waals surface area contributed by atoms with E-state index in [1.54, 1.807) is 0 Å². The summed E-state index contributed by atoms with van der Waals surface area (Å²) in [5, 5.41) is 0. The predicted octanol–water partition coefficient (Wildman–Crippen LogP) is -2.59. The van der Waals surface area contributed by atoms with Crippen molar-refractivity contribution in [2.75, 3.05) is 17.2 Å². The van der Waals surface area contributed by atoms with Crippen molar-refractivity contribution in [2.24, 2.45) is 0 Å². The molecule has 1 rings (SSSR count). The average Bonchev–Trinajstić information content (AvgIpc) is 1.88. The molecule has 0 saturated heterocycles. The molecule has 0 aromatic carbocycles. The third-order valence-corrected chi connectivity index (χ3v) is 0.687. The van der Waals surface area contributed by atoms with E-state index in [9.17, 15) is 0 Å². The van der Waals surface area contributed by atoms with Crippen LogP contribution in [-0.4, -0.2) is 41.3 Å². The molecule has 0 aliphatic heterocycles. The van der Waals surface area contributed by atoms with Gasteiger partial charge in [-0.15, -0.1) is 0 Å². The summed E-state index contributed by atoms with van der Waals surface area (Å²) >= 11 is 0.350. The van der Waals surface area contributed by atoms with Crippen LogP contribution in [0.4, 0.5) is 17.8 Å². The third kappa shape index (κ3) is 5.44. The summed E-state index contributed by atoms with van der Waals surface area (Å²) in [4.78, 5) is 10.5. The SMILES string of the molecule is Nc1nc(N)nc(N)n1.[OH][SnH].[Zn]. The van der Waals surface area contributed by atoms with E-state index in [4.69, 9.17) is 20.6 Å².